The average Bonchev–Trinajstić information content (AvgIpc) is 3.24. The summed E-state index contributed by atoms with van der Waals surface area (Å²) in [6, 6.07) is 12.1. The smallest absolute Gasteiger partial charge is 0.325 e. The summed E-state index contributed by atoms with van der Waals surface area (Å²) in [7, 11) is 0. The molecule has 1 saturated heterocycles. The maximum Gasteiger partial charge on any atom is 0.325 e. The number of fused-ring (bicyclic) bond motifs is 2. The van der Waals surface area contributed by atoms with Crippen molar-refractivity contribution in [1.82, 2.24) is 10.2 Å². The molecule has 8 nitrogen and oxygen atoms in total. The van der Waals surface area contributed by atoms with Crippen molar-refractivity contribution in [1.29, 1.82) is 0 Å². The monoisotopic (exact) mass is 423 g/mol. The highest BCUT2D eigenvalue weighted by Gasteiger charge is 2.55. The molecule has 0 bridgehead atoms. The molecule has 1 atom stereocenters. The molecule has 0 radical (unpaired) electrons. The Labute approximate surface area is 180 Å². The van der Waals surface area contributed by atoms with Gasteiger partial charge in [0.1, 0.15) is 23.6 Å². The van der Waals surface area contributed by atoms with Crippen LogP contribution in [-0.4, -0.2) is 42.5 Å². The van der Waals surface area contributed by atoms with Gasteiger partial charge in [0.2, 0.25) is 5.91 Å². The fraction of sp³-hybridized carbons (Fsp3) is 0.348. The first kappa shape index (κ1) is 20.7. The molecular formula is C23H25N3O5. The van der Waals surface area contributed by atoms with Gasteiger partial charge in [-0.05, 0) is 49.9 Å². The number of aryl methyl sites for hydroxylation is 1. The van der Waals surface area contributed by atoms with E-state index in [1.165, 1.54) is 0 Å². The second-order valence-electron chi connectivity index (χ2n) is 7.46. The molecule has 31 heavy (non-hydrogen) atoms. The van der Waals surface area contributed by atoms with E-state index in [4.69, 9.17) is 9.47 Å². The van der Waals surface area contributed by atoms with Crippen molar-refractivity contribution < 1.29 is 23.9 Å². The van der Waals surface area contributed by atoms with Crippen LogP contribution in [0.15, 0.2) is 42.5 Å². The lowest BCUT2D eigenvalue weighted by Crippen LogP contribution is -2.43. The Balaban J connectivity index is 1.52. The van der Waals surface area contributed by atoms with E-state index in [0.29, 0.717) is 43.2 Å². The van der Waals surface area contributed by atoms with Crippen LogP contribution in [0.1, 0.15) is 31.4 Å². The quantitative estimate of drug-likeness (QED) is 0.668. The van der Waals surface area contributed by atoms with E-state index in [1.807, 2.05) is 38.1 Å². The molecule has 0 unspecified atom stereocenters. The summed E-state index contributed by atoms with van der Waals surface area (Å²) in [6.07, 6.45) is 1.18. The highest BCUT2D eigenvalue weighted by molar-refractivity contribution is 6.11. The minimum atomic E-state index is -1.08. The van der Waals surface area contributed by atoms with Gasteiger partial charge in [0.05, 0.1) is 18.9 Å². The number of carbonyl (C=O) groups excluding carboxylic acids is 3. The molecule has 2 aromatic carbocycles. The summed E-state index contributed by atoms with van der Waals surface area (Å²) >= 11 is 0. The molecule has 1 fully saturated rings. The molecule has 162 valence electrons. The average molecular weight is 423 g/mol. The maximum atomic E-state index is 13.2. The molecule has 1 spiro atoms. The number of nitrogens with zero attached hydrogens (tertiary/aromatic N) is 1. The van der Waals surface area contributed by atoms with Crippen LogP contribution < -0.4 is 20.1 Å². The van der Waals surface area contributed by atoms with Crippen LogP contribution in [0.25, 0.3) is 0 Å². The first-order valence-corrected chi connectivity index (χ1v) is 10.4. The van der Waals surface area contributed by atoms with Gasteiger partial charge in [0, 0.05) is 6.07 Å². The predicted molar refractivity (Wildman–Crippen MR) is 114 cm³/mol. The molecule has 1 heterocycles. The molecule has 4 rings (SSSR count). The van der Waals surface area contributed by atoms with Gasteiger partial charge in [-0.15, -0.1) is 0 Å². The second-order valence-corrected chi connectivity index (χ2v) is 7.46. The third-order valence-electron chi connectivity index (χ3n) is 5.56. The largest absolute Gasteiger partial charge is 0.494 e. The zero-order valence-corrected chi connectivity index (χ0v) is 17.6. The minimum Gasteiger partial charge on any atom is -0.494 e. The number of hydrogen-bond donors (Lipinski definition) is 2. The van der Waals surface area contributed by atoms with Gasteiger partial charge >= 0.3 is 6.03 Å². The lowest BCUT2D eigenvalue weighted by molar-refractivity contribution is -0.134. The third-order valence-corrected chi connectivity index (χ3v) is 5.56. The summed E-state index contributed by atoms with van der Waals surface area (Å²) in [5.41, 5.74) is 1.18. The van der Waals surface area contributed by atoms with Crippen LogP contribution in [0.2, 0.25) is 0 Å². The molecule has 1 aliphatic heterocycles. The Morgan fingerprint density at radius 1 is 1.13 bits per heavy atom. The number of urea groups is 1. The number of ether oxygens (including phenoxy) is 2. The highest BCUT2D eigenvalue weighted by atomic mass is 16.5. The van der Waals surface area contributed by atoms with Crippen LogP contribution in [0.3, 0.4) is 0 Å². The third kappa shape index (κ3) is 3.69. The minimum absolute atomic E-state index is 0.390. The highest BCUT2D eigenvalue weighted by Crippen LogP contribution is 2.41. The van der Waals surface area contributed by atoms with Crippen LogP contribution in [-0.2, 0) is 21.5 Å². The van der Waals surface area contributed by atoms with Crippen molar-refractivity contribution in [2.24, 2.45) is 0 Å². The Morgan fingerprint density at radius 2 is 1.90 bits per heavy atom. The molecule has 0 saturated carbocycles. The van der Waals surface area contributed by atoms with Crippen LogP contribution in [0.4, 0.5) is 10.5 Å². The lowest BCUT2D eigenvalue weighted by Gasteiger charge is -2.22. The normalized spacial score (nSPS) is 19.4. The van der Waals surface area contributed by atoms with Gasteiger partial charge in [-0.2, -0.15) is 0 Å². The summed E-state index contributed by atoms with van der Waals surface area (Å²) in [5, 5.41) is 5.57. The summed E-state index contributed by atoms with van der Waals surface area (Å²) in [6.45, 7) is 4.22. The Morgan fingerprint density at radius 3 is 2.68 bits per heavy atom. The fourth-order valence-electron chi connectivity index (χ4n) is 4.21. The molecule has 2 N–H and O–H groups in total. The maximum absolute atomic E-state index is 13.2. The van der Waals surface area contributed by atoms with Crippen molar-refractivity contribution in [3.05, 3.63) is 53.6 Å². The Kier molecular flexibility index (Phi) is 5.54. The molecular weight excluding hydrogens is 398 g/mol. The van der Waals surface area contributed by atoms with Gasteiger partial charge < -0.3 is 20.1 Å². The van der Waals surface area contributed by atoms with E-state index in [2.05, 4.69) is 10.6 Å². The van der Waals surface area contributed by atoms with Gasteiger partial charge in [0.25, 0.3) is 5.91 Å². The molecule has 4 amide bonds. The second kappa shape index (κ2) is 8.29. The van der Waals surface area contributed by atoms with Crippen LogP contribution in [0.5, 0.6) is 11.5 Å². The summed E-state index contributed by atoms with van der Waals surface area (Å²) in [4.78, 5) is 39.6. The van der Waals surface area contributed by atoms with Crippen molar-refractivity contribution in [3.63, 3.8) is 0 Å². The first-order chi connectivity index (χ1) is 15.0. The molecule has 8 heteroatoms. The van der Waals surface area contributed by atoms with E-state index in [-0.39, 0.29) is 6.54 Å². The summed E-state index contributed by atoms with van der Waals surface area (Å²) < 4.78 is 11.1. The zero-order valence-electron chi connectivity index (χ0n) is 17.6. The molecule has 2 aliphatic rings. The van der Waals surface area contributed by atoms with Crippen molar-refractivity contribution in [2.75, 3.05) is 25.1 Å². The van der Waals surface area contributed by atoms with Crippen LogP contribution >= 0.6 is 0 Å². The van der Waals surface area contributed by atoms with Gasteiger partial charge in [-0.3, -0.25) is 14.5 Å². The fourth-order valence-corrected chi connectivity index (χ4v) is 4.21. The van der Waals surface area contributed by atoms with Crippen LogP contribution in [0, 0.1) is 0 Å². The van der Waals surface area contributed by atoms with Crippen molar-refractivity contribution in [2.45, 2.75) is 32.2 Å². The van der Waals surface area contributed by atoms with E-state index in [0.717, 1.165) is 16.0 Å². The molecule has 1 aliphatic carbocycles. The molecule has 2 aromatic rings. The number of benzene rings is 2. The SMILES string of the molecule is CCOc1ccc(OCC)c(NC(=O)CN2C(=O)N[C@]3(CCc4ccccc43)C2=O)c1. The Bertz CT molecular complexity index is 1040. The van der Waals surface area contributed by atoms with Crippen molar-refractivity contribution in [3.8, 4) is 11.5 Å². The van der Waals surface area contributed by atoms with Gasteiger partial charge in [-0.1, -0.05) is 24.3 Å². The number of hydrogen-bond acceptors (Lipinski definition) is 5. The first-order valence-electron chi connectivity index (χ1n) is 10.4. The van der Waals surface area contributed by atoms with Crippen molar-refractivity contribution >= 4 is 23.5 Å². The summed E-state index contributed by atoms with van der Waals surface area (Å²) in [5.74, 6) is 0.169. The van der Waals surface area contributed by atoms with E-state index >= 15 is 0 Å². The van der Waals surface area contributed by atoms with E-state index < -0.39 is 23.4 Å². The topological polar surface area (TPSA) is 97.0 Å². The number of amides is 4. The standard InChI is InChI=1S/C23H25N3O5/c1-3-30-16-9-10-19(31-4-2)18(13-16)24-20(27)14-26-21(28)23(25-22(26)29)12-11-15-7-5-6-8-17(15)23/h5-10,13H,3-4,11-12,14H2,1-2H3,(H,24,27)(H,25,29)/t23-/m0/s1. The number of nitrogens with one attached hydrogen (secondary N) is 2. The molecule has 0 aromatic heterocycles. The van der Waals surface area contributed by atoms with E-state index in [1.54, 1.807) is 18.2 Å². The zero-order chi connectivity index (χ0) is 22.0. The number of imide groups is 1. The number of rotatable bonds is 7. The Hall–Kier alpha value is -3.55. The van der Waals surface area contributed by atoms with Gasteiger partial charge in [0.15, 0.2) is 0 Å². The number of anilines is 1. The number of carbonyl (C=O) groups is 3. The van der Waals surface area contributed by atoms with Gasteiger partial charge in [-0.25, -0.2) is 4.79 Å². The lowest BCUT2D eigenvalue weighted by atomic mass is 9.92. The van der Waals surface area contributed by atoms with E-state index in [9.17, 15) is 14.4 Å². The predicted octanol–water partition coefficient (Wildman–Crippen LogP) is 2.82.